The molecule has 0 saturated carbocycles. The van der Waals surface area contributed by atoms with E-state index in [1.807, 2.05) is 6.92 Å². The summed E-state index contributed by atoms with van der Waals surface area (Å²) < 4.78 is 0. The van der Waals surface area contributed by atoms with E-state index in [0.717, 1.165) is 20.7 Å². The van der Waals surface area contributed by atoms with Crippen molar-refractivity contribution in [1.29, 1.82) is 0 Å². The van der Waals surface area contributed by atoms with Crippen LogP contribution in [0.5, 0.6) is 0 Å². The van der Waals surface area contributed by atoms with Gasteiger partial charge in [0.25, 0.3) is 0 Å². The third-order valence-corrected chi connectivity index (χ3v) is 3.37. The molecule has 15 heavy (non-hydrogen) atoms. The molecule has 0 unspecified atom stereocenters. The molecule has 3 N–H and O–H groups in total. The SMILES string of the molecule is Cc1c(CC(=O)O)sc2ncnc(N)c12. The van der Waals surface area contributed by atoms with Crippen molar-refractivity contribution in [2.24, 2.45) is 0 Å². The average Bonchev–Trinajstić information content (AvgIpc) is 2.44. The van der Waals surface area contributed by atoms with Crippen molar-refractivity contribution in [1.82, 2.24) is 9.97 Å². The Balaban J connectivity index is 2.64. The van der Waals surface area contributed by atoms with E-state index in [1.165, 1.54) is 17.7 Å². The van der Waals surface area contributed by atoms with Crippen molar-refractivity contribution in [3.63, 3.8) is 0 Å². The van der Waals surface area contributed by atoms with Gasteiger partial charge in [0.1, 0.15) is 17.0 Å². The maximum absolute atomic E-state index is 10.6. The quantitative estimate of drug-likeness (QED) is 0.798. The van der Waals surface area contributed by atoms with Crippen molar-refractivity contribution in [3.05, 3.63) is 16.8 Å². The Bertz CT molecular complexity index is 535. The summed E-state index contributed by atoms with van der Waals surface area (Å²) in [6.45, 7) is 1.84. The number of aliphatic carboxylic acids is 1. The standard InChI is InChI=1S/C9H9N3O2S/c1-4-5(2-6(13)14)15-9-7(4)8(10)11-3-12-9/h3H,2H2,1H3,(H,13,14)(H2,10,11,12). The summed E-state index contributed by atoms with van der Waals surface area (Å²) in [5, 5.41) is 9.50. The van der Waals surface area contributed by atoms with Crippen molar-refractivity contribution in [2.75, 3.05) is 5.73 Å². The molecule has 2 heterocycles. The van der Waals surface area contributed by atoms with Crippen LogP contribution in [0.25, 0.3) is 10.2 Å². The number of anilines is 1. The Morgan fingerprint density at radius 3 is 2.93 bits per heavy atom. The molecule has 5 nitrogen and oxygen atoms in total. The zero-order valence-electron chi connectivity index (χ0n) is 8.02. The van der Waals surface area contributed by atoms with Gasteiger partial charge < -0.3 is 10.8 Å². The Morgan fingerprint density at radius 1 is 1.60 bits per heavy atom. The second kappa shape index (κ2) is 3.47. The highest BCUT2D eigenvalue weighted by molar-refractivity contribution is 7.19. The second-order valence-corrected chi connectivity index (χ2v) is 4.24. The molecule has 2 aromatic heterocycles. The van der Waals surface area contributed by atoms with Crippen molar-refractivity contribution in [3.8, 4) is 0 Å². The highest BCUT2D eigenvalue weighted by Crippen LogP contribution is 2.32. The Labute approximate surface area is 89.6 Å². The van der Waals surface area contributed by atoms with E-state index < -0.39 is 5.97 Å². The maximum atomic E-state index is 10.6. The first-order valence-corrected chi connectivity index (χ1v) is 5.11. The molecule has 0 amide bonds. The van der Waals surface area contributed by atoms with E-state index in [9.17, 15) is 4.79 Å². The minimum absolute atomic E-state index is 0.00625. The molecule has 0 atom stereocenters. The summed E-state index contributed by atoms with van der Waals surface area (Å²) >= 11 is 1.35. The van der Waals surface area contributed by atoms with Gasteiger partial charge in [0.2, 0.25) is 0 Å². The van der Waals surface area contributed by atoms with Gasteiger partial charge in [0.15, 0.2) is 0 Å². The number of carboxylic acid groups (broad SMARTS) is 1. The van der Waals surface area contributed by atoms with Gasteiger partial charge in [0, 0.05) is 4.88 Å². The summed E-state index contributed by atoms with van der Waals surface area (Å²) in [7, 11) is 0. The first kappa shape index (κ1) is 9.85. The van der Waals surface area contributed by atoms with Crippen LogP contribution in [0, 0.1) is 6.92 Å². The van der Waals surface area contributed by atoms with E-state index >= 15 is 0 Å². The number of carboxylic acids is 1. The predicted molar refractivity (Wildman–Crippen MR) is 57.9 cm³/mol. The summed E-state index contributed by atoms with van der Waals surface area (Å²) in [5.74, 6) is -0.443. The number of aromatic nitrogens is 2. The molecular formula is C9H9N3O2S. The molecule has 78 valence electrons. The number of hydrogen-bond donors (Lipinski definition) is 2. The number of nitrogens with two attached hydrogens (primary N) is 1. The number of aryl methyl sites for hydroxylation is 1. The Kier molecular flexibility index (Phi) is 2.28. The van der Waals surface area contributed by atoms with Crippen molar-refractivity contribution in [2.45, 2.75) is 13.3 Å². The summed E-state index contributed by atoms with van der Waals surface area (Å²) in [4.78, 5) is 20.1. The number of carbonyl (C=O) groups is 1. The number of rotatable bonds is 2. The van der Waals surface area contributed by atoms with E-state index in [1.54, 1.807) is 0 Å². The molecule has 0 aliphatic heterocycles. The zero-order chi connectivity index (χ0) is 11.0. The predicted octanol–water partition coefficient (Wildman–Crippen LogP) is 1.21. The van der Waals surface area contributed by atoms with E-state index in [4.69, 9.17) is 10.8 Å². The van der Waals surface area contributed by atoms with Gasteiger partial charge in [-0.3, -0.25) is 4.79 Å². The van der Waals surface area contributed by atoms with Gasteiger partial charge in [-0.25, -0.2) is 9.97 Å². The molecule has 0 bridgehead atoms. The number of nitrogens with zero attached hydrogens (tertiary/aromatic N) is 2. The number of nitrogen functional groups attached to an aromatic ring is 1. The molecule has 0 aromatic carbocycles. The zero-order valence-corrected chi connectivity index (χ0v) is 8.84. The first-order valence-electron chi connectivity index (χ1n) is 4.30. The average molecular weight is 223 g/mol. The van der Waals surface area contributed by atoms with Crippen LogP contribution in [0.15, 0.2) is 6.33 Å². The minimum atomic E-state index is -0.851. The molecule has 0 fully saturated rings. The van der Waals surface area contributed by atoms with Crippen LogP contribution < -0.4 is 5.73 Å². The van der Waals surface area contributed by atoms with Gasteiger partial charge in [-0.1, -0.05) is 0 Å². The largest absolute Gasteiger partial charge is 0.481 e. The van der Waals surface area contributed by atoms with E-state index in [-0.39, 0.29) is 6.42 Å². The molecular weight excluding hydrogens is 214 g/mol. The summed E-state index contributed by atoms with van der Waals surface area (Å²) in [6, 6.07) is 0. The van der Waals surface area contributed by atoms with Gasteiger partial charge in [0.05, 0.1) is 11.8 Å². The molecule has 0 saturated heterocycles. The van der Waals surface area contributed by atoms with Crippen molar-refractivity contribution >= 4 is 33.3 Å². The third-order valence-electron chi connectivity index (χ3n) is 2.17. The smallest absolute Gasteiger partial charge is 0.308 e. The fourth-order valence-corrected chi connectivity index (χ4v) is 2.59. The van der Waals surface area contributed by atoms with E-state index in [0.29, 0.717) is 5.82 Å². The highest BCUT2D eigenvalue weighted by atomic mass is 32.1. The van der Waals surface area contributed by atoms with Crippen LogP contribution >= 0.6 is 11.3 Å². The number of hydrogen-bond acceptors (Lipinski definition) is 5. The monoisotopic (exact) mass is 223 g/mol. The lowest BCUT2D eigenvalue weighted by molar-refractivity contribution is -0.136. The molecule has 2 rings (SSSR count). The summed E-state index contributed by atoms with van der Waals surface area (Å²) in [6.07, 6.45) is 1.39. The first-order chi connectivity index (χ1) is 7.09. The normalized spacial score (nSPS) is 10.7. The van der Waals surface area contributed by atoms with E-state index in [2.05, 4.69) is 9.97 Å². The van der Waals surface area contributed by atoms with Gasteiger partial charge in [-0.2, -0.15) is 0 Å². The lowest BCUT2D eigenvalue weighted by atomic mass is 10.2. The van der Waals surface area contributed by atoms with Crippen LogP contribution in [-0.4, -0.2) is 21.0 Å². The Morgan fingerprint density at radius 2 is 2.33 bits per heavy atom. The molecule has 0 aliphatic carbocycles. The Hall–Kier alpha value is -1.69. The van der Waals surface area contributed by atoms with Gasteiger partial charge in [-0.05, 0) is 12.5 Å². The second-order valence-electron chi connectivity index (χ2n) is 3.16. The van der Waals surface area contributed by atoms with Crippen molar-refractivity contribution < 1.29 is 9.90 Å². The van der Waals surface area contributed by atoms with Gasteiger partial charge >= 0.3 is 5.97 Å². The van der Waals surface area contributed by atoms with Crippen LogP contribution in [0.1, 0.15) is 10.4 Å². The molecule has 2 aromatic rings. The molecule has 0 aliphatic rings. The number of thiophene rings is 1. The minimum Gasteiger partial charge on any atom is -0.481 e. The van der Waals surface area contributed by atoms with Gasteiger partial charge in [-0.15, -0.1) is 11.3 Å². The van der Waals surface area contributed by atoms with Crippen LogP contribution in [-0.2, 0) is 11.2 Å². The highest BCUT2D eigenvalue weighted by Gasteiger charge is 2.14. The fourth-order valence-electron chi connectivity index (χ4n) is 1.45. The third kappa shape index (κ3) is 1.63. The van der Waals surface area contributed by atoms with Crippen LogP contribution in [0.4, 0.5) is 5.82 Å². The molecule has 0 radical (unpaired) electrons. The topological polar surface area (TPSA) is 89.1 Å². The van der Waals surface area contributed by atoms with Crippen LogP contribution in [0.2, 0.25) is 0 Å². The lowest BCUT2D eigenvalue weighted by Crippen LogP contribution is -1.99. The summed E-state index contributed by atoms with van der Waals surface area (Å²) in [5.41, 5.74) is 6.58. The maximum Gasteiger partial charge on any atom is 0.308 e. The lowest BCUT2D eigenvalue weighted by Gasteiger charge is -1.96. The fraction of sp³-hybridized carbons (Fsp3) is 0.222. The van der Waals surface area contributed by atoms with Crippen LogP contribution in [0.3, 0.4) is 0 Å². The number of fused-ring (bicyclic) bond motifs is 1. The molecule has 0 spiro atoms. The molecule has 6 heteroatoms.